The molecule has 2 aliphatic rings. The molecule has 3 heterocycles. The Labute approximate surface area is 142 Å². The van der Waals surface area contributed by atoms with Crippen molar-refractivity contribution in [2.45, 2.75) is 24.9 Å². The maximum atomic E-state index is 12.4. The fourth-order valence-electron chi connectivity index (χ4n) is 2.83. The second kappa shape index (κ2) is 5.86. The van der Waals surface area contributed by atoms with Crippen LogP contribution < -0.4 is 0 Å². The number of hydrogen-bond acceptors (Lipinski definition) is 6. The van der Waals surface area contributed by atoms with Crippen molar-refractivity contribution in [2.75, 3.05) is 12.3 Å². The van der Waals surface area contributed by atoms with Crippen LogP contribution in [-0.4, -0.2) is 49.6 Å². The summed E-state index contributed by atoms with van der Waals surface area (Å²) in [4.78, 5) is 26.1. The molecular formula is C16H15N5O2S. The van der Waals surface area contributed by atoms with E-state index >= 15 is 0 Å². The van der Waals surface area contributed by atoms with E-state index < -0.39 is 0 Å². The molecule has 0 fully saturated rings. The van der Waals surface area contributed by atoms with Gasteiger partial charge in [0.15, 0.2) is 5.82 Å². The van der Waals surface area contributed by atoms with Crippen LogP contribution in [0.3, 0.4) is 0 Å². The summed E-state index contributed by atoms with van der Waals surface area (Å²) in [5.41, 5.74) is 1.90. The number of fused-ring (bicyclic) bond motifs is 2. The quantitative estimate of drug-likeness (QED) is 0.793. The number of rotatable bonds is 4. The zero-order valence-corrected chi connectivity index (χ0v) is 13.9. The molecule has 0 spiro atoms. The van der Waals surface area contributed by atoms with E-state index in [1.165, 1.54) is 4.90 Å². The lowest BCUT2D eigenvalue weighted by molar-refractivity contribution is 0.0658. The molecule has 0 N–H and O–H groups in total. The molecule has 0 aliphatic carbocycles. The third kappa shape index (κ3) is 2.34. The number of benzene rings is 1. The van der Waals surface area contributed by atoms with E-state index in [0.717, 1.165) is 23.1 Å². The Morgan fingerprint density at radius 3 is 2.50 bits per heavy atom. The zero-order valence-electron chi connectivity index (χ0n) is 13.1. The fraction of sp³-hybridized carbons (Fsp3) is 0.312. The van der Waals surface area contributed by atoms with Gasteiger partial charge in [-0.15, -0.1) is 10.2 Å². The first-order valence-corrected chi connectivity index (χ1v) is 8.76. The predicted octanol–water partition coefficient (Wildman–Crippen LogP) is 1.84. The van der Waals surface area contributed by atoms with Crippen LogP contribution in [-0.2, 0) is 6.42 Å². The van der Waals surface area contributed by atoms with Gasteiger partial charge in [-0.2, -0.15) is 9.78 Å². The lowest BCUT2D eigenvalue weighted by atomic mass is 10.1. The lowest BCUT2D eigenvalue weighted by Crippen LogP contribution is -2.32. The molecule has 7 nitrogen and oxygen atoms in total. The Morgan fingerprint density at radius 2 is 1.83 bits per heavy atom. The average molecular weight is 341 g/mol. The van der Waals surface area contributed by atoms with E-state index in [1.54, 1.807) is 40.7 Å². The van der Waals surface area contributed by atoms with Gasteiger partial charge >= 0.3 is 0 Å². The van der Waals surface area contributed by atoms with E-state index in [9.17, 15) is 9.59 Å². The van der Waals surface area contributed by atoms with Gasteiger partial charge in [0.1, 0.15) is 0 Å². The van der Waals surface area contributed by atoms with E-state index in [0.29, 0.717) is 29.8 Å². The zero-order chi connectivity index (χ0) is 16.7. The number of amides is 2. The van der Waals surface area contributed by atoms with Gasteiger partial charge in [0, 0.05) is 25.1 Å². The number of thioether (sulfide) groups is 1. The van der Waals surface area contributed by atoms with Gasteiger partial charge < -0.3 is 0 Å². The largest absolute Gasteiger partial charge is 0.274 e. The molecule has 4 rings (SSSR count). The van der Waals surface area contributed by atoms with E-state index in [-0.39, 0.29) is 11.8 Å². The molecule has 122 valence electrons. The Hall–Kier alpha value is -2.48. The molecular weight excluding hydrogens is 326 g/mol. The van der Waals surface area contributed by atoms with Crippen molar-refractivity contribution in [1.29, 1.82) is 0 Å². The molecule has 2 aliphatic heterocycles. The molecule has 0 unspecified atom stereocenters. The molecule has 0 radical (unpaired) electrons. The first-order chi connectivity index (χ1) is 11.7. The van der Waals surface area contributed by atoms with Crippen molar-refractivity contribution in [3.05, 3.63) is 41.2 Å². The first kappa shape index (κ1) is 15.1. The van der Waals surface area contributed by atoms with Crippen molar-refractivity contribution in [3.63, 3.8) is 0 Å². The van der Waals surface area contributed by atoms with Crippen LogP contribution in [0.2, 0.25) is 0 Å². The van der Waals surface area contributed by atoms with Crippen molar-refractivity contribution in [1.82, 2.24) is 19.8 Å². The minimum Gasteiger partial charge on any atom is -0.274 e. The van der Waals surface area contributed by atoms with Crippen molar-refractivity contribution >= 4 is 29.3 Å². The Morgan fingerprint density at radius 1 is 1.12 bits per heavy atom. The molecule has 2 amide bonds. The van der Waals surface area contributed by atoms with Gasteiger partial charge in [-0.1, -0.05) is 30.8 Å². The van der Waals surface area contributed by atoms with E-state index in [2.05, 4.69) is 15.3 Å². The second-order valence-corrected chi connectivity index (χ2v) is 6.52. The minimum absolute atomic E-state index is 0.223. The topological polar surface area (TPSA) is 80.5 Å². The van der Waals surface area contributed by atoms with Crippen LogP contribution >= 0.6 is 11.8 Å². The summed E-state index contributed by atoms with van der Waals surface area (Å²) in [7, 11) is 0. The number of carbonyl (C=O) groups excluding carboxylic acids is 2. The summed E-state index contributed by atoms with van der Waals surface area (Å²) in [6.45, 7) is 2.34. The molecule has 0 saturated heterocycles. The third-order valence-electron chi connectivity index (χ3n) is 4.10. The van der Waals surface area contributed by atoms with Crippen LogP contribution in [0, 0.1) is 0 Å². The predicted molar refractivity (Wildman–Crippen MR) is 89.4 cm³/mol. The highest BCUT2D eigenvalue weighted by molar-refractivity contribution is 7.99. The van der Waals surface area contributed by atoms with Gasteiger partial charge in [-0.05, 0) is 12.1 Å². The molecule has 0 saturated carbocycles. The number of aromatic nitrogens is 3. The fourth-order valence-corrected chi connectivity index (χ4v) is 3.69. The monoisotopic (exact) mass is 341 g/mol. The summed E-state index contributed by atoms with van der Waals surface area (Å²) in [6.07, 6.45) is 1.31. The summed E-state index contributed by atoms with van der Waals surface area (Å²) in [5, 5.41) is 13.6. The van der Waals surface area contributed by atoms with Crippen molar-refractivity contribution in [3.8, 4) is 0 Å². The van der Waals surface area contributed by atoms with Crippen LogP contribution in [0.5, 0.6) is 0 Å². The smallest absolute Gasteiger partial charge is 0.261 e. The van der Waals surface area contributed by atoms with Gasteiger partial charge in [0.25, 0.3) is 11.8 Å². The molecule has 24 heavy (non-hydrogen) atoms. The van der Waals surface area contributed by atoms with Crippen LogP contribution in [0.25, 0.3) is 0 Å². The highest BCUT2D eigenvalue weighted by Gasteiger charge is 2.35. The molecule has 8 heteroatoms. The Balaban J connectivity index is 1.51. The number of imide groups is 1. The number of hydrogen-bond donors (Lipinski definition) is 0. The van der Waals surface area contributed by atoms with E-state index in [4.69, 9.17) is 0 Å². The molecule has 1 aromatic heterocycles. The summed E-state index contributed by atoms with van der Waals surface area (Å²) < 4.78 is 1.76. The van der Waals surface area contributed by atoms with Gasteiger partial charge in [0.2, 0.25) is 5.16 Å². The van der Waals surface area contributed by atoms with Crippen LogP contribution in [0.1, 0.15) is 39.9 Å². The van der Waals surface area contributed by atoms with Crippen LogP contribution in [0.15, 0.2) is 34.5 Å². The first-order valence-electron chi connectivity index (χ1n) is 7.78. The van der Waals surface area contributed by atoms with Crippen molar-refractivity contribution < 1.29 is 9.59 Å². The molecule has 1 aromatic carbocycles. The number of carbonyl (C=O) groups is 2. The lowest BCUT2D eigenvalue weighted by Gasteiger charge is -2.17. The maximum Gasteiger partial charge on any atom is 0.261 e. The third-order valence-corrected chi connectivity index (χ3v) is 5.09. The van der Waals surface area contributed by atoms with Crippen molar-refractivity contribution in [2.24, 2.45) is 5.10 Å². The SMILES string of the molecule is CCc1nnc2n1N=C(CCN1C(=O)c3ccccc3C1=O)CS2. The normalized spacial score (nSPS) is 16.2. The van der Waals surface area contributed by atoms with E-state index in [1.807, 2.05) is 6.92 Å². The Kier molecular flexibility index (Phi) is 3.68. The highest BCUT2D eigenvalue weighted by atomic mass is 32.2. The standard InChI is InChI=1S/C16H15N5O2S/c1-2-13-17-18-16-21(13)19-10(9-24-16)7-8-20-14(22)11-5-3-4-6-12(11)15(20)23/h3-6H,2,7-9H2,1H3. The molecule has 2 aromatic rings. The number of aryl methyl sites for hydroxylation is 1. The summed E-state index contributed by atoms with van der Waals surface area (Å²) >= 11 is 1.57. The Bertz CT molecular complexity index is 838. The second-order valence-electron chi connectivity index (χ2n) is 5.58. The van der Waals surface area contributed by atoms with Gasteiger partial charge in [-0.3, -0.25) is 14.5 Å². The maximum absolute atomic E-state index is 12.4. The average Bonchev–Trinajstić information content (AvgIpc) is 3.13. The molecule has 0 atom stereocenters. The summed E-state index contributed by atoms with van der Waals surface area (Å²) in [6, 6.07) is 6.94. The van der Waals surface area contributed by atoms with Gasteiger partial charge in [-0.25, -0.2) is 0 Å². The molecule has 0 bridgehead atoms. The van der Waals surface area contributed by atoms with Crippen LogP contribution in [0.4, 0.5) is 0 Å². The van der Waals surface area contributed by atoms with Gasteiger partial charge in [0.05, 0.1) is 16.8 Å². The highest BCUT2D eigenvalue weighted by Crippen LogP contribution is 2.25. The minimum atomic E-state index is -0.223. The summed E-state index contributed by atoms with van der Waals surface area (Å²) in [5.74, 6) is 1.07. The number of nitrogens with zero attached hydrogens (tertiary/aromatic N) is 5.